The molecule has 0 N–H and O–H groups in total. The molecule has 0 aliphatic heterocycles. The predicted octanol–water partition coefficient (Wildman–Crippen LogP) is 2.89. The van der Waals surface area contributed by atoms with E-state index in [2.05, 4.69) is 5.10 Å². The molecule has 0 saturated heterocycles. The number of carbonyl (C=O) groups is 2. The van der Waals surface area contributed by atoms with E-state index < -0.39 is 12.6 Å². The molecule has 0 aliphatic rings. The van der Waals surface area contributed by atoms with Gasteiger partial charge in [-0.2, -0.15) is 5.10 Å². The SMILES string of the molecule is CN(Cc1cccc(F)c1)C(=O)COC(=O)c1cnn(Cc2ccccc2)c1. The van der Waals surface area contributed by atoms with Gasteiger partial charge >= 0.3 is 5.97 Å². The second kappa shape index (κ2) is 8.94. The fourth-order valence-electron chi connectivity index (χ4n) is 2.64. The quantitative estimate of drug-likeness (QED) is 0.591. The van der Waals surface area contributed by atoms with Crippen LogP contribution >= 0.6 is 0 Å². The van der Waals surface area contributed by atoms with Crippen molar-refractivity contribution in [2.75, 3.05) is 13.7 Å². The molecule has 1 aromatic heterocycles. The van der Waals surface area contributed by atoms with Crippen LogP contribution in [-0.2, 0) is 22.6 Å². The molecule has 0 radical (unpaired) electrons. The fourth-order valence-corrected chi connectivity index (χ4v) is 2.64. The monoisotopic (exact) mass is 381 g/mol. The minimum absolute atomic E-state index is 0.225. The Labute approximate surface area is 162 Å². The molecule has 0 spiro atoms. The zero-order valence-corrected chi connectivity index (χ0v) is 15.4. The number of nitrogens with zero attached hydrogens (tertiary/aromatic N) is 3. The number of benzene rings is 2. The van der Waals surface area contributed by atoms with Gasteiger partial charge in [0.1, 0.15) is 5.82 Å². The van der Waals surface area contributed by atoms with E-state index >= 15 is 0 Å². The summed E-state index contributed by atoms with van der Waals surface area (Å²) in [4.78, 5) is 25.7. The van der Waals surface area contributed by atoms with Crippen LogP contribution in [0.1, 0.15) is 21.5 Å². The molecule has 28 heavy (non-hydrogen) atoms. The van der Waals surface area contributed by atoms with E-state index in [0.29, 0.717) is 12.1 Å². The maximum absolute atomic E-state index is 13.2. The van der Waals surface area contributed by atoms with Crippen LogP contribution in [0.3, 0.4) is 0 Å². The number of hydrogen-bond donors (Lipinski definition) is 0. The van der Waals surface area contributed by atoms with Gasteiger partial charge in [0.05, 0.1) is 18.3 Å². The van der Waals surface area contributed by atoms with E-state index in [4.69, 9.17) is 4.74 Å². The summed E-state index contributed by atoms with van der Waals surface area (Å²) >= 11 is 0. The van der Waals surface area contributed by atoms with Gasteiger partial charge < -0.3 is 9.64 Å². The van der Waals surface area contributed by atoms with Crippen LogP contribution in [0, 0.1) is 5.82 Å². The predicted molar refractivity (Wildman–Crippen MR) is 101 cm³/mol. The van der Waals surface area contributed by atoms with Crippen molar-refractivity contribution >= 4 is 11.9 Å². The van der Waals surface area contributed by atoms with Gasteiger partial charge in [-0.25, -0.2) is 9.18 Å². The first-order valence-electron chi connectivity index (χ1n) is 8.73. The molecule has 7 heteroatoms. The standard InChI is InChI=1S/C21H20FN3O3/c1-24(12-17-8-5-9-19(22)10-17)20(26)15-28-21(27)18-11-23-25(14-18)13-16-6-3-2-4-7-16/h2-11,14H,12-13,15H2,1H3. The van der Waals surface area contributed by atoms with Crippen LogP contribution in [0.2, 0.25) is 0 Å². The number of halogens is 1. The van der Waals surface area contributed by atoms with E-state index in [1.165, 1.54) is 23.2 Å². The Morgan fingerprint density at radius 3 is 2.61 bits per heavy atom. The second-order valence-electron chi connectivity index (χ2n) is 6.37. The summed E-state index contributed by atoms with van der Waals surface area (Å²) in [5.74, 6) is -1.36. The smallest absolute Gasteiger partial charge is 0.341 e. The highest BCUT2D eigenvalue weighted by atomic mass is 19.1. The van der Waals surface area contributed by atoms with Gasteiger partial charge in [0.25, 0.3) is 5.91 Å². The Hall–Kier alpha value is -3.48. The van der Waals surface area contributed by atoms with Crippen molar-refractivity contribution in [2.45, 2.75) is 13.1 Å². The third-order valence-corrected chi connectivity index (χ3v) is 4.12. The molecule has 0 bridgehead atoms. The van der Waals surface area contributed by atoms with Crippen molar-refractivity contribution in [1.29, 1.82) is 0 Å². The minimum Gasteiger partial charge on any atom is -0.452 e. The molecule has 3 rings (SSSR count). The molecule has 2 aromatic carbocycles. The van der Waals surface area contributed by atoms with Gasteiger partial charge in [0.2, 0.25) is 0 Å². The summed E-state index contributed by atoms with van der Waals surface area (Å²) in [7, 11) is 1.57. The zero-order chi connectivity index (χ0) is 19.9. The van der Waals surface area contributed by atoms with Gasteiger partial charge in [0, 0.05) is 19.8 Å². The largest absolute Gasteiger partial charge is 0.452 e. The van der Waals surface area contributed by atoms with E-state index in [1.807, 2.05) is 30.3 Å². The lowest BCUT2D eigenvalue weighted by atomic mass is 10.2. The lowest BCUT2D eigenvalue weighted by Crippen LogP contribution is -2.30. The van der Waals surface area contributed by atoms with Gasteiger partial charge in [-0.1, -0.05) is 42.5 Å². The van der Waals surface area contributed by atoms with Crippen molar-refractivity contribution < 1.29 is 18.7 Å². The molecule has 1 heterocycles. The van der Waals surface area contributed by atoms with Crippen LogP contribution in [0.25, 0.3) is 0 Å². The topological polar surface area (TPSA) is 64.4 Å². The number of aromatic nitrogens is 2. The average Bonchev–Trinajstić information content (AvgIpc) is 3.15. The first-order valence-corrected chi connectivity index (χ1v) is 8.73. The number of esters is 1. The molecule has 0 saturated carbocycles. The van der Waals surface area contributed by atoms with Crippen LogP contribution in [-0.4, -0.2) is 40.2 Å². The van der Waals surface area contributed by atoms with Gasteiger partial charge in [-0.05, 0) is 23.3 Å². The molecular weight excluding hydrogens is 361 g/mol. The van der Waals surface area contributed by atoms with E-state index in [1.54, 1.807) is 30.1 Å². The number of amides is 1. The van der Waals surface area contributed by atoms with E-state index in [0.717, 1.165) is 5.56 Å². The normalized spacial score (nSPS) is 10.5. The third-order valence-electron chi connectivity index (χ3n) is 4.12. The highest BCUT2D eigenvalue weighted by molar-refractivity contribution is 5.90. The van der Waals surface area contributed by atoms with Crippen molar-refractivity contribution in [1.82, 2.24) is 14.7 Å². The molecule has 144 valence electrons. The molecule has 0 fully saturated rings. The van der Waals surface area contributed by atoms with E-state index in [9.17, 15) is 14.0 Å². The van der Waals surface area contributed by atoms with Crippen molar-refractivity contribution in [3.8, 4) is 0 Å². The highest BCUT2D eigenvalue weighted by Crippen LogP contribution is 2.08. The summed E-state index contributed by atoms with van der Waals surface area (Å²) < 4.78 is 19.9. The Morgan fingerprint density at radius 1 is 1.11 bits per heavy atom. The summed E-state index contributed by atoms with van der Waals surface area (Å²) in [6.07, 6.45) is 2.99. The Bertz CT molecular complexity index is 956. The van der Waals surface area contributed by atoms with Crippen LogP contribution in [0.5, 0.6) is 0 Å². The number of likely N-dealkylation sites (N-methyl/N-ethyl adjacent to an activating group) is 1. The maximum atomic E-state index is 13.2. The summed E-state index contributed by atoms with van der Waals surface area (Å²) in [6, 6.07) is 15.7. The van der Waals surface area contributed by atoms with Gasteiger partial charge in [0.15, 0.2) is 6.61 Å². The summed E-state index contributed by atoms with van der Waals surface area (Å²) in [6.45, 7) is 0.362. The van der Waals surface area contributed by atoms with Gasteiger partial charge in [-0.15, -0.1) is 0 Å². The van der Waals surface area contributed by atoms with Crippen molar-refractivity contribution in [2.24, 2.45) is 0 Å². The number of hydrogen-bond acceptors (Lipinski definition) is 4. The first-order chi connectivity index (χ1) is 13.5. The zero-order valence-electron chi connectivity index (χ0n) is 15.4. The summed E-state index contributed by atoms with van der Waals surface area (Å²) in [5, 5.41) is 4.14. The molecule has 0 unspecified atom stereocenters. The molecule has 6 nitrogen and oxygen atoms in total. The lowest BCUT2D eigenvalue weighted by Gasteiger charge is -2.17. The average molecular weight is 381 g/mol. The van der Waals surface area contributed by atoms with Crippen molar-refractivity contribution in [3.63, 3.8) is 0 Å². The lowest BCUT2D eigenvalue weighted by molar-refractivity contribution is -0.133. The van der Waals surface area contributed by atoms with E-state index in [-0.39, 0.29) is 23.8 Å². The number of rotatable bonds is 7. The maximum Gasteiger partial charge on any atom is 0.341 e. The molecule has 0 aliphatic carbocycles. The minimum atomic E-state index is -0.619. The molecule has 0 atom stereocenters. The summed E-state index contributed by atoms with van der Waals surface area (Å²) in [5.41, 5.74) is 1.99. The van der Waals surface area contributed by atoms with Crippen molar-refractivity contribution in [3.05, 3.63) is 89.5 Å². The number of carbonyl (C=O) groups excluding carboxylic acids is 2. The molecule has 1 amide bonds. The first kappa shape index (κ1) is 19.3. The van der Waals surface area contributed by atoms with Gasteiger partial charge in [-0.3, -0.25) is 9.48 Å². The Morgan fingerprint density at radius 2 is 1.86 bits per heavy atom. The Kier molecular flexibility index (Phi) is 6.16. The number of ether oxygens (including phenoxy) is 1. The van der Waals surface area contributed by atoms with Crippen LogP contribution in [0.4, 0.5) is 4.39 Å². The second-order valence-corrected chi connectivity index (χ2v) is 6.37. The highest BCUT2D eigenvalue weighted by Gasteiger charge is 2.15. The molecule has 3 aromatic rings. The van der Waals surface area contributed by atoms with Crippen LogP contribution in [0.15, 0.2) is 67.0 Å². The fraction of sp³-hybridized carbons (Fsp3) is 0.190. The molecular formula is C21H20FN3O3. The Balaban J connectivity index is 1.50. The third kappa shape index (κ3) is 5.26. The van der Waals surface area contributed by atoms with Crippen LogP contribution < -0.4 is 0 Å².